The number of hydrogen-bond donors (Lipinski definition) is 1. The number of carbonyl (C=O) groups is 1. The summed E-state index contributed by atoms with van der Waals surface area (Å²) in [5.74, 6) is -1.11. The van der Waals surface area contributed by atoms with Gasteiger partial charge in [-0.25, -0.2) is 9.82 Å². The van der Waals surface area contributed by atoms with E-state index in [1.807, 2.05) is 0 Å². The number of ether oxygens (including phenoxy) is 2. The van der Waals surface area contributed by atoms with E-state index in [4.69, 9.17) is 9.47 Å². The molecular weight excluding hydrogens is 333 g/mol. The Kier molecular flexibility index (Phi) is 5.99. The van der Waals surface area contributed by atoms with Gasteiger partial charge in [-0.3, -0.25) is 14.9 Å². The molecule has 2 aromatic carbocycles. The van der Waals surface area contributed by atoms with Crippen LogP contribution < -0.4 is 14.9 Å². The Morgan fingerprint density at radius 3 is 2.76 bits per heavy atom. The minimum absolute atomic E-state index is 0.0242. The molecule has 0 saturated heterocycles. The molecule has 0 aromatic heterocycles. The molecule has 9 heteroatoms. The van der Waals surface area contributed by atoms with Crippen LogP contribution in [0.2, 0.25) is 0 Å². The Bertz CT molecular complexity index is 810. The molecule has 8 nitrogen and oxygen atoms in total. The lowest BCUT2D eigenvalue weighted by atomic mass is 10.2. The molecule has 2 aromatic rings. The molecule has 0 unspecified atom stereocenters. The zero-order valence-corrected chi connectivity index (χ0v) is 13.1. The fraction of sp³-hybridized carbons (Fsp3) is 0.125. The van der Waals surface area contributed by atoms with Crippen LogP contribution in [0.25, 0.3) is 0 Å². The maximum atomic E-state index is 13.5. The number of halogens is 1. The lowest BCUT2D eigenvalue weighted by molar-refractivity contribution is -0.385. The SMILES string of the molecule is COc1ccc(/C=N\NC(=O)COc2ccccc2[N+](=O)[O-])cc1F. The summed E-state index contributed by atoms with van der Waals surface area (Å²) in [6.45, 7) is -0.459. The lowest BCUT2D eigenvalue weighted by Crippen LogP contribution is -2.24. The zero-order chi connectivity index (χ0) is 18.2. The predicted molar refractivity (Wildman–Crippen MR) is 87.3 cm³/mol. The van der Waals surface area contributed by atoms with Crippen molar-refractivity contribution in [1.82, 2.24) is 5.43 Å². The van der Waals surface area contributed by atoms with E-state index in [-0.39, 0.29) is 17.2 Å². The molecule has 1 N–H and O–H groups in total. The van der Waals surface area contributed by atoms with Gasteiger partial charge < -0.3 is 9.47 Å². The first-order chi connectivity index (χ1) is 12.0. The molecule has 0 bridgehead atoms. The van der Waals surface area contributed by atoms with Gasteiger partial charge >= 0.3 is 5.69 Å². The third-order valence-corrected chi connectivity index (χ3v) is 3.00. The number of carbonyl (C=O) groups excluding carboxylic acids is 1. The highest BCUT2D eigenvalue weighted by atomic mass is 19.1. The van der Waals surface area contributed by atoms with Gasteiger partial charge in [0.1, 0.15) is 0 Å². The Labute approximate surface area is 142 Å². The van der Waals surface area contributed by atoms with Crippen molar-refractivity contribution in [2.45, 2.75) is 0 Å². The number of hydrazone groups is 1. The summed E-state index contributed by atoms with van der Waals surface area (Å²) in [5, 5.41) is 14.5. The van der Waals surface area contributed by atoms with Gasteiger partial charge in [-0.05, 0) is 29.8 Å². The van der Waals surface area contributed by atoms with Gasteiger partial charge in [-0.1, -0.05) is 12.1 Å². The summed E-state index contributed by atoms with van der Waals surface area (Å²) >= 11 is 0. The lowest BCUT2D eigenvalue weighted by Gasteiger charge is -2.05. The quantitative estimate of drug-likeness (QED) is 0.470. The fourth-order valence-corrected chi connectivity index (χ4v) is 1.85. The number of amides is 1. The van der Waals surface area contributed by atoms with Crippen LogP contribution in [0.15, 0.2) is 47.6 Å². The first-order valence-corrected chi connectivity index (χ1v) is 7.03. The summed E-state index contributed by atoms with van der Waals surface area (Å²) in [7, 11) is 1.35. The number of nitro groups is 1. The van der Waals surface area contributed by atoms with Crippen LogP contribution in [0.4, 0.5) is 10.1 Å². The average molecular weight is 347 g/mol. The summed E-state index contributed by atoms with van der Waals surface area (Å²) in [5.41, 5.74) is 2.35. The van der Waals surface area contributed by atoms with Crippen molar-refractivity contribution in [3.05, 3.63) is 64.0 Å². The van der Waals surface area contributed by atoms with Crippen LogP contribution in [-0.2, 0) is 4.79 Å². The molecule has 0 radical (unpaired) electrons. The highest BCUT2D eigenvalue weighted by molar-refractivity contribution is 5.83. The van der Waals surface area contributed by atoms with Crippen molar-refractivity contribution in [1.29, 1.82) is 0 Å². The topological polar surface area (TPSA) is 103 Å². The summed E-state index contributed by atoms with van der Waals surface area (Å²) in [6, 6.07) is 9.87. The molecule has 1 amide bonds. The molecule has 0 aliphatic heterocycles. The van der Waals surface area contributed by atoms with Gasteiger partial charge in [0.25, 0.3) is 5.91 Å². The second kappa shape index (κ2) is 8.39. The molecule has 2 rings (SSSR count). The smallest absolute Gasteiger partial charge is 0.310 e. The normalized spacial score (nSPS) is 10.5. The first-order valence-electron chi connectivity index (χ1n) is 7.03. The minimum atomic E-state index is -0.622. The van der Waals surface area contributed by atoms with Gasteiger partial charge in [0, 0.05) is 6.07 Å². The molecule has 130 valence electrons. The van der Waals surface area contributed by atoms with Crippen LogP contribution in [0.1, 0.15) is 5.56 Å². The average Bonchev–Trinajstić information content (AvgIpc) is 2.60. The van der Waals surface area contributed by atoms with Crippen molar-refractivity contribution in [2.24, 2.45) is 5.10 Å². The number of para-hydroxylation sites is 2. The summed E-state index contributed by atoms with van der Waals surface area (Å²) < 4.78 is 23.4. The third kappa shape index (κ3) is 4.99. The standard InChI is InChI=1S/C16H14FN3O5/c1-24-14-7-6-11(8-12(14)17)9-18-19-16(21)10-25-15-5-3-2-4-13(15)20(22)23/h2-9H,10H2,1H3,(H,19,21)/b18-9-. The number of rotatable bonds is 7. The molecule has 0 spiro atoms. The highest BCUT2D eigenvalue weighted by Crippen LogP contribution is 2.25. The molecule has 25 heavy (non-hydrogen) atoms. The van der Waals surface area contributed by atoms with E-state index >= 15 is 0 Å². The van der Waals surface area contributed by atoms with Crippen molar-refractivity contribution >= 4 is 17.8 Å². The van der Waals surface area contributed by atoms with Crippen molar-refractivity contribution in [2.75, 3.05) is 13.7 Å². The van der Waals surface area contributed by atoms with Gasteiger partial charge in [-0.15, -0.1) is 0 Å². The van der Waals surface area contributed by atoms with Crippen molar-refractivity contribution in [3.63, 3.8) is 0 Å². The number of nitrogens with one attached hydrogen (secondary N) is 1. The fourth-order valence-electron chi connectivity index (χ4n) is 1.85. The van der Waals surface area contributed by atoms with E-state index in [0.717, 1.165) is 0 Å². The van der Waals surface area contributed by atoms with E-state index in [1.54, 1.807) is 12.1 Å². The summed E-state index contributed by atoms with van der Waals surface area (Å²) in [4.78, 5) is 21.9. The number of nitrogens with zero attached hydrogens (tertiary/aromatic N) is 2. The van der Waals surface area contributed by atoms with Crippen LogP contribution in [0.5, 0.6) is 11.5 Å². The third-order valence-electron chi connectivity index (χ3n) is 3.00. The van der Waals surface area contributed by atoms with Gasteiger partial charge in [-0.2, -0.15) is 5.10 Å². The number of hydrogen-bond acceptors (Lipinski definition) is 6. The Balaban J connectivity index is 1.89. The van der Waals surface area contributed by atoms with Crippen LogP contribution in [0.3, 0.4) is 0 Å². The molecule has 0 aliphatic carbocycles. The maximum Gasteiger partial charge on any atom is 0.310 e. The van der Waals surface area contributed by atoms with E-state index < -0.39 is 23.3 Å². The predicted octanol–water partition coefficient (Wildman–Crippen LogP) is 2.27. The van der Waals surface area contributed by atoms with E-state index in [9.17, 15) is 19.3 Å². The number of nitro benzene ring substituents is 1. The Hall–Kier alpha value is -3.49. The molecule has 0 fully saturated rings. The molecule has 0 heterocycles. The van der Waals surface area contributed by atoms with E-state index in [0.29, 0.717) is 5.56 Å². The summed E-state index contributed by atoms with van der Waals surface area (Å²) in [6.07, 6.45) is 1.24. The second-order valence-corrected chi connectivity index (χ2v) is 4.70. The highest BCUT2D eigenvalue weighted by Gasteiger charge is 2.14. The van der Waals surface area contributed by atoms with Gasteiger partial charge in [0.05, 0.1) is 18.2 Å². The monoisotopic (exact) mass is 347 g/mol. The first kappa shape index (κ1) is 17.9. The Morgan fingerprint density at radius 2 is 2.08 bits per heavy atom. The van der Waals surface area contributed by atoms with Gasteiger partial charge in [0.2, 0.25) is 0 Å². The molecule has 0 saturated carbocycles. The van der Waals surface area contributed by atoms with E-state index in [1.165, 1.54) is 43.7 Å². The van der Waals surface area contributed by atoms with Crippen molar-refractivity contribution < 1.29 is 23.6 Å². The largest absolute Gasteiger partial charge is 0.494 e. The van der Waals surface area contributed by atoms with Crippen LogP contribution in [-0.4, -0.2) is 30.8 Å². The van der Waals surface area contributed by atoms with Crippen LogP contribution in [0, 0.1) is 15.9 Å². The van der Waals surface area contributed by atoms with Gasteiger partial charge in [0.15, 0.2) is 23.9 Å². The van der Waals surface area contributed by atoms with Crippen LogP contribution >= 0.6 is 0 Å². The molecule has 0 atom stereocenters. The maximum absolute atomic E-state index is 13.5. The molecule has 0 aliphatic rings. The second-order valence-electron chi connectivity index (χ2n) is 4.70. The molecular formula is C16H14FN3O5. The Morgan fingerprint density at radius 1 is 1.32 bits per heavy atom. The number of methoxy groups -OCH3 is 1. The number of benzene rings is 2. The minimum Gasteiger partial charge on any atom is -0.494 e. The zero-order valence-electron chi connectivity index (χ0n) is 13.1. The van der Waals surface area contributed by atoms with Crippen molar-refractivity contribution in [3.8, 4) is 11.5 Å². The van der Waals surface area contributed by atoms with E-state index in [2.05, 4.69) is 10.5 Å².